The van der Waals surface area contributed by atoms with Crippen LogP contribution in [0.4, 0.5) is 9.18 Å². The van der Waals surface area contributed by atoms with Crippen LogP contribution in [0.25, 0.3) is 11.4 Å². The van der Waals surface area contributed by atoms with Crippen molar-refractivity contribution in [3.05, 3.63) is 35.5 Å². The quantitative estimate of drug-likeness (QED) is 0.723. The summed E-state index contributed by atoms with van der Waals surface area (Å²) in [7, 11) is 0. The molecule has 1 saturated heterocycles. The highest BCUT2D eigenvalue weighted by Gasteiger charge is 2.24. The smallest absolute Gasteiger partial charge is 0.407 e. The van der Waals surface area contributed by atoms with Gasteiger partial charge in [-0.3, -0.25) is 4.79 Å². The number of benzene rings is 1. The SMILES string of the molecule is Cc1cc(-c2noc(CCC(=O)N3CCC(CNC(=O)OC(C)(C)C)CC3)n2)ccc1F. The summed E-state index contributed by atoms with van der Waals surface area (Å²) < 4.78 is 23.9. The highest BCUT2D eigenvalue weighted by molar-refractivity contribution is 5.76. The van der Waals surface area contributed by atoms with E-state index < -0.39 is 11.7 Å². The molecule has 1 aromatic carbocycles. The summed E-state index contributed by atoms with van der Waals surface area (Å²) in [5.74, 6) is 0.846. The second kappa shape index (κ2) is 10.1. The molecule has 0 spiro atoms. The van der Waals surface area contributed by atoms with Gasteiger partial charge in [0.1, 0.15) is 11.4 Å². The number of halogens is 1. The van der Waals surface area contributed by atoms with Crippen LogP contribution in [0.1, 0.15) is 51.5 Å². The van der Waals surface area contributed by atoms with Gasteiger partial charge in [-0.05, 0) is 70.2 Å². The average molecular weight is 447 g/mol. The minimum Gasteiger partial charge on any atom is -0.444 e. The summed E-state index contributed by atoms with van der Waals surface area (Å²) in [5.41, 5.74) is 0.665. The van der Waals surface area contributed by atoms with Crippen LogP contribution in [-0.2, 0) is 16.0 Å². The lowest BCUT2D eigenvalue weighted by Gasteiger charge is -2.32. The highest BCUT2D eigenvalue weighted by Crippen LogP contribution is 2.21. The van der Waals surface area contributed by atoms with Crippen molar-refractivity contribution in [3.63, 3.8) is 0 Å². The molecule has 1 aliphatic rings. The number of ether oxygens (including phenoxy) is 1. The third-order valence-corrected chi connectivity index (χ3v) is 5.34. The van der Waals surface area contributed by atoms with Gasteiger partial charge in [0.25, 0.3) is 0 Å². The Morgan fingerprint density at radius 2 is 2.00 bits per heavy atom. The number of nitrogens with one attached hydrogen (secondary N) is 1. The van der Waals surface area contributed by atoms with E-state index in [1.807, 2.05) is 25.7 Å². The number of nitrogens with zero attached hydrogens (tertiary/aromatic N) is 3. The van der Waals surface area contributed by atoms with E-state index in [1.165, 1.54) is 6.07 Å². The van der Waals surface area contributed by atoms with Crippen LogP contribution in [0.15, 0.2) is 22.7 Å². The summed E-state index contributed by atoms with van der Waals surface area (Å²) in [6, 6.07) is 4.64. The molecule has 0 saturated carbocycles. The number of hydrogen-bond acceptors (Lipinski definition) is 6. The van der Waals surface area contributed by atoms with Gasteiger partial charge in [0.05, 0.1) is 0 Å². The topological polar surface area (TPSA) is 97.6 Å². The van der Waals surface area contributed by atoms with Crippen LogP contribution in [0.3, 0.4) is 0 Å². The van der Waals surface area contributed by atoms with E-state index in [2.05, 4.69) is 15.5 Å². The summed E-state index contributed by atoms with van der Waals surface area (Å²) in [6.45, 7) is 9.02. The molecule has 1 N–H and O–H groups in total. The molecule has 1 aliphatic heterocycles. The van der Waals surface area contributed by atoms with Crippen LogP contribution in [-0.4, -0.2) is 52.3 Å². The first-order valence-electron chi connectivity index (χ1n) is 10.9. The van der Waals surface area contributed by atoms with E-state index in [-0.39, 0.29) is 18.1 Å². The Morgan fingerprint density at radius 3 is 2.66 bits per heavy atom. The lowest BCUT2D eigenvalue weighted by atomic mass is 9.96. The molecule has 0 aliphatic carbocycles. The molecule has 0 bridgehead atoms. The molecule has 0 unspecified atom stereocenters. The van der Waals surface area contributed by atoms with Gasteiger partial charge < -0.3 is 19.5 Å². The zero-order valence-corrected chi connectivity index (χ0v) is 19.1. The zero-order valence-electron chi connectivity index (χ0n) is 19.1. The lowest BCUT2D eigenvalue weighted by Crippen LogP contribution is -2.42. The molecular weight excluding hydrogens is 415 g/mol. The summed E-state index contributed by atoms with van der Waals surface area (Å²) >= 11 is 0. The third kappa shape index (κ3) is 6.77. The molecule has 1 aromatic heterocycles. The zero-order chi connectivity index (χ0) is 23.3. The first-order chi connectivity index (χ1) is 15.1. The number of likely N-dealkylation sites (tertiary alicyclic amines) is 1. The van der Waals surface area contributed by atoms with Crippen LogP contribution in [0.5, 0.6) is 0 Å². The minimum atomic E-state index is -0.517. The number of aromatic nitrogens is 2. The Hall–Kier alpha value is -2.97. The number of carbonyl (C=O) groups excluding carboxylic acids is 2. The minimum absolute atomic E-state index is 0.0425. The van der Waals surface area contributed by atoms with Gasteiger partial charge in [-0.25, -0.2) is 9.18 Å². The second-order valence-electron chi connectivity index (χ2n) is 9.18. The predicted octanol–water partition coefficient (Wildman–Crippen LogP) is 3.88. The number of aryl methyl sites for hydroxylation is 2. The Kier molecular flexibility index (Phi) is 7.48. The number of hydrogen-bond donors (Lipinski definition) is 1. The molecular formula is C23H31FN4O4. The molecule has 0 atom stereocenters. The Bertz CT molecular complexity index is 946. The van der Waals surface area contributed by atoms with E-state index in [0.29, 0.717) is 54.8 Å². The van der Waals surface area contributed by atoms with Gasteiger partial charge in [0, 0.05) is 38.0 Å². The van der Waals surface area contributed by atoms with Gasteiger partial charge in [-0.1, -0.05) is 5.16 Å². The summed E-state index contributed by atoms with van der Waals surface area (Å²) in [5, 5.41) is 6.75. The number of amides is 2. The van der Waals surface area contributed by atoms with Gasteiger partial charge in [0.15, 0.2) is 0 Å². The Balaban J connectivity index is 1.40. The maximum atomic E-state index is 13.4. The summed E-state index contributed by atoms with van der Waals surface area (Å²) in [6.07, 6.45) is 1.88. The van der Waals surface area contributed by atoms with Crippen molar-refractivity contribution < 1.29 is 23.2 Å². The predicted molar refractivity (Wildman–Crippen MR) is 116 cm³/mol. The van der Waals surface area contributed by atoms with Crippen molar-refractivity contribution in [2.75, 3.05) is 19.6 Å². The number of piperidine rings is 1. The van der Waals surface area contributed by atoms with Crippen molar-refractivity contribution in [1.29, 1.82) is 0 Å². The molecule has 174 valence electrons. The van der Waals surface area contributed by atoms with E-state index in [1.54, 1.807) is 19.1 Å². The fourth-order valence-corrected chi connectivity index (χ4v) is 3.56. The van der Waals surface area contributed by atoms with Crippen molar-refractivity contribution in [3.8, 4) is 11.4 Å². The van der Waals surface area contributed by atoms with Gasteiger partial charge in [0.2, 0.25) is 17.6 Å². The molecule has 32 heavy (non-hydrogen) atoms. The molecule has 2 amide bonds. The van der Waals surface area contributed by atoms with Gasteiger partial charge >= 0.3 is 6.09 Å². The van der Waals surface area contributed by atoms with E-state index in [4.69, 9.17) is 9.26 Å². The van der Waals surface area contributed by atoms with Crippen LogP contribution >= 0.6 is 0 Å². The fourth-order valence-electron chi connectivity index (χ4n) is 3.56. The molecule has 1 fully saturated rings. The monoisotopic (exact) mass is 446 g/mol. The Morgan fingerprint density at radius 1 is 1.28 bits per heavy atom. The molecule has 3 rings (SSSR count). The van der Waals surface area contributed by atoms with E-state index in [9.17, 15) is 14.0 Å². The number of alkyl carbamates (subject to hydrolysis) is 1. The maximum Gasteiger partial charge on any atom is 0.407 e. The first-order valence-corrected chi connectivity index (χ1v) is 10.9. The van der Waals surface area contributed by atoms with Gasteiger partial charge in [-0.15, -0.1) is 0 Å². The van der Waals surface area contributed by atoms with Crippen molar-refractivity contribution in [2.24, 2.45) is 5.92 Å². The van der Waals surface area contributed by atoms with Crippen LogP contribution in [0, 0.1) is 18.7 Å². The highest BCUT2D eigenvalue weighted by atomic mass is 19.1. The maximum absolute atomic E-state index is 13.4. The van der Waals surface area contributed by atoms with Gasteiger partial charge in [-0.2, -0.15) is 4.98 Å². The molecule has 9 heteroatoms. The largest absolute Gasteiger partial charge is 0.444 e. The standard InChI is InChI=1S/C23H31FN4O4/c1-15-13-17(5-6-18(15)24)21-26-19(32-27-21)7-8-20(29)28-11-9-16(10-12-28)14-25-22(30)31-23(2,3)4/h5-6,13,16H,7-12,14H2,1-4H3,(H,25,30). The van der Waals surface area contributed by atoms with Crippen molar-refractivity contribution in [1.82, 2.24) is 20.4 Å². The van der Waals surface area contributed by atoms with Crippen molar-refractivity contribution in [2.45, 2.75) is 59.0 Å². The first kappa shape index (κ1) is 23.7. The normalized spacial score (nSPS) is 15.0. The molecule has 2 aromatic rings. The summed E-state index contributed by atoms with van der Waals surface area (Å²) in [4.78, 5) is 30.5. The molecule has 2 heterocycles. The Labute approximate surface area is 187 Å². The second-order valence-corrected chi connectivity index (χ2v) is 9.18. The van der Waals surface area contributed by atoms with E-state index in [0.717, 1.165) is 12.8 Å². The van der Waals surface area contributed by atoms with Crippen LogP contribution in [0.2, 0.25) is 0 Å². The number of rotatable bonds is 6. The van der Waals surface area contributed by atoms with Crippen molar-refractivity contribution >= 4 is 12.0 Å². The lowest BCUT2D eigenvalue weighted by molar-refractivity contribution is -0.132. The molecule has 8 nitrogen and oxygen atoms in total. The third-order valence-electron chi connectivity index (χ3n) is 5.34. The average Bonchev–Trinajstić information content (AvgIpc) is 3.21. The molecule has 0 radical (unpaired) electrons. The van der Waals surface area contributed by atoms with E-state index >= 15 is 0 Å². The van der Waals surface area contributed by atoms with Crippen LogP contribution < -0.4 is 5.32 Å². The fraction of sp³-hybridized carbons (Fsp3) is 0.565. The number of carbonyl (C=O) groups is 2.